The highest BCUT2D eigenvalue weighted by Gasteiger charge is 2.22. The number of hydrogen-bond donors (Lipinski definition) is 1. The number of aliphatic hydroxyl groups excluding tert-OH is 1. The molecule has 1 aromatic heterocycles. The molecule has 1 aliphatic rings. The van der Waals surface area contributed by atoms with Crippen LogP contribution in [0.25, 0.3) is 0 Å². The van der Waals surface area contributed by atoms with Crippen LogP contribution in [0.15, 0.2) is 12.1 Å². The maximum absolute atomic E-state index is 11.4. The lowest BCUT2D eigenvalue weighted by Gasteiger charge is -2.17. The number of esters is 1. The fraction of sp³-hybridized carbons (Fsp3) is 0.500. The average molecular weight is 236 g/mol. The van der Waals surface area contributed by atoms with Crippen molar-refractivity contribution in [2.24, 2.45) is 0 Å². The van der Waals surface area contributed by atoms with Crippen molar-refractivity contribution in [2.75, 3.05) is 25.1 Å². The topological polar surface area (TPSA) is 62.7 Å². The number of rotatable bonds is 2. The smallest absolute Gasteiger partial charge is 0.339 e. The van der Waals surface area contributed by atoms with E-state index in [1.807, 2.05) is 4.90 Å². The van der Waals surface area contributed by atoms with Gasteiger partial charge in [0.1, 0.15) is 5.82 Å². The Kier molecular flexibility index (Phi) is 3.28. The lowest BCUT2D eigenvalue weighted by molar-refractivity contribution is 0.0599. The molecule has 1 N–H and O–H groups in total. The lowest BCUT2D eigenvalue weighted by atomic mass is 10.2. The van der Waals surface area contributed by atoms with Gasteiger partial charge in [-0.2, -0.15) is 0 Å². The van der Waals surface area contributed by atoms with Gasteiger partial charge in [-0.3, -0.25) is 0 Å². The summed E-state index contributed by atoms with van der Waals surface area (Å²) in [5, 5.41) is 9.47. The third-order valence-electron chi connectivity index (χ3n) is 2.96. The first-order chi connectivity index (χ1) is 8.11. The largest absolute Gasteiger partial charge is 0.465 e. The molecule has 0 aromatic carbocycles. The minimum Gasteiger partial charge on any atom is -0.465 e. The average Bonchev–Trinajstić information content (AvgIpc) is 2.75. The van der Waals surface area contributed by atoms with Crippen LogP contribution in [0.1, 0.15) is 22.5 Å². The van der Waals surface area contributed by atoms with Crippen molar-refractivity contribution >= 4 is 11.8 Å². The van der Waals surface area contributed by atoms with E-state index in [1.165, 1.54) is 7.11 Å². The Morgan fingerprint density at radius 2 is 2.35 bits per heavy atom. The van der Waals surface area contributed by atoms with Crippen LogP contribution in [0.5, 0.6) is 0 Å². The second kappa shape index (κ2) is 4.71. The van der Waals surface area contributed by atoms with Gasteiger partial charge in [0.15, 0.2) is 0 Å². The van der Waals surface area contributed by atoms with E-state index in [-0.39, 0.29) is 12.1 Å². The van der Waals surface area contributed by atoms with Crippen molar-refractivity contribution in [3.63, 3.8) is 0 Å². The summed E-state index contributed by atoms with van der Waals surface area (Å²) in [7, 11) is 1.35. The van der Waals surface area contributed by atoms with Gasteiger partial charge in [-0.25, -0.2) is 9.78 Å². The molecule has 1 fully saturated rings. The van der Waals surface area contributed by atoms with Crippen LogP contribution in [-0.4, -0.2) is 42.4 Å². The molecular weight excluding hydrogens is 220 g/mol. The lowest BCUT2D eigenvalue weighted by Crippen LogP contribution is -2.22. The van der Waals surface area contributed by atoms with E-state index in [9.17, 15) is 9.90 Å². The number of nitrogens with zero attached hydrogens (tertiary/aromatic N) is 2. The Hall–Kier alpha value is -1.62. The van der Waals surface area contributed by atoms with Crippen LogP contribution in [0, 0.1) is 6.92 Å². The van der Waals surface area contributed by atoms with Crippen molar-refractivity contribution in [3.05, 3.63) is 23.4 Å². The van der Waals surface area contributed by atoms with Crippen LogP contribution in [0.2, 0.25) is 0 Å². The highest BCUT2D eigenvalue weighted by molar-refractivity contribution is 5.90. The number of hydrogen-bond acceptors (Lipinski definition) is 5. The maximum atomic E-state index is 11.4. The molecule has 0 radical (unpaired) electrons. The van der Waals surface area contributed by atoms with Crippen LogP contribution in [0.4, 0.5) is 5.82 Å². The van der Waals surface area contributed by atoms with Gasteiger partial charge in [-0.05, 0) is 25.5 Å². The van der Waals surface area contributed by atoms with Crippen LogP contribution in [-0.2, 0) is 4.74 Å². The normalized spacial score (nSPS) is 19.5. The summed E-state index contributed by atoms with van der Waals surface area (Å²) in [6.07, 6.45) is 0.483. The van der Waals surface area contributed by atoms with Crippen LogP contribution < -0.4 is 4.90 Å². The van der Waals surface area contributed by atoms with E-state index in [0.29, 0.717) is 17.8 Å². The molecule has 1 saturated heterocycles. The molecule has 5 heteroatoms. The number of aliphatic hydroxyl groups is 1. The standard InChI is InChI=1S/C12H16N2O3/c1-8-10(12(16)17-2)3-4-11(13-8)14-6-5-9(15)7-14/h3-4,9,15H,5-7H2,1-2H3. The molecule has 1 aromatic rings. The third kappa shape index (κ3) is 2.39. The molecule has 0 bridgehead atoms. The number of carbonyl (C=O) groups is 1. The number of pyridine rings is 1. The van der Waals surface area contributed by atoms with Gasteiger partial charge in [0.25, 0.3) is 0 Å². The molecule has 17 heavy (non-hydrogen) atoms. The predicted octanol–water partition coefficient (Wildman–Crippen LogP) is 0.748. The monoisotopic (exact) mass is 236 g/mol. The molecule has 0 aliphatic carbocycles. The quantitative estimate of drug-likeness (QED) is 0.768. The van der Waals surface area contributed by atoms with E-state index in [4.69, 9.17) is 0 Å². The zero-order chi connectivity index (χ0) is 12.4. The molecule has 92 valence electrons. The second-order valence-corrected chi connectivity index (χ2v) is 4.18. The minimum atomic E-state index is -0.372. The maximum Gasteiger partial charge on any atom is 0.339 e. The van der Waals surface area contributed by atoms with Gasteiger partial charge >= 0.3 is 5.97 Å². The summed E-state index contributed by atoms with van der Waals surface area (Å²) >= 11 is 0. The van der Waals surface area contributed by atoms with Gasteiger partial charge in [0, 0.05) is 13.1 Å². The fourth-order valence-corrected chi connectivity index (χ4v) is 2.00. The van der Waals surface area contributed by atoms with Crippen molar-refractivity contribution in [3.8, 4) is 0 Å². The summed E-state index contributed by atoms with van der Waals surface area (Å²) in [5.74, 6) is 0.426. The van der Waals surface area contributed by atoms with Gasteiger partial charge in [0.05, 0.1) is 24.5 Å². The zero-order valence-corrected chi connectivity index (χ0v) is 10.0. The number of carbonyl (C=O) groups excluding carboxylic acids is 1. The highest BCUT2D eigenvalue weighted by atomic mass is 16.5. The molecular formula is C12H16N2O3. The first kappa shape index (κ1) is 11.9. The second-order valence-electron chi connectivity index (χ2n) is 4.18. The Balaban J connectivity index is 2.22. The van der Waals surface area contributed by atoms with Crippen molar-refractivity contribution in [1.29, 1.82) is 0 Å². The molecule has 5 nitrogen and oxygen atoms in total. The Morgan fingerprint density at radius 1 is 1.59 bits per heavy atom. The number of β-amino-alcohol motifs (C(OH)–C–C–N with tert-alkyl or cyclic N) is 1. The SMILES string of the molecule is COC(=O)c1ccc(N2CCC(O)C2)nc1C. The van der Waals surface area contributed by atoms with Gasteiger partial charge in [0.2, 0.25) is 0 Å². The number of methoxy groups -OCH3 is 1. The van der Waals surface area contributed by atoms with Gasteiger partial charge in [-0.15, -0.1) is 0 Å². The van der Waals surface area contributed by atoms with Crippen LogP contribution >= 0.6 is 0 Å². The molecule has 0 saturated carbocycles. The molecule has 0 spiro atoms. The minimum absolute atomic E-state index is 0.280. The number of anilines is 1. The molecule has 1 atom stereocenters. The fourth-order valence-electron chi connectivity index (χ4n) is 2.00. The van der Waals surface area contributed by atoms with E-state index in [0.717, 1.165) is 18.8 Å². The number of aryl methyl sites for hydroxylation is 1. The number of aromatic nitrogens is 1. The number of ether oxygens (including phenoxy) is 1. The van der Waals surface area contributed by atoms with E-state index < -0.39 is 0 Å². The van der Waals surface area contributed by atoms with E-state index >= 15 is 0 Å². The molecule has 1 unspecified atom stereocenters. The highest BCUT2D eigenvalue weighted by Crippen LogP contribution is 2.20. The summed E-state index contributed by atoms with van der Waals surface area (Å²) in [4.78, 5) is 17.8. The first-order valence-corrected chi connectivity index (χ1v) is 5.61. The Morgan fingerprint density at radius 3 is 2.88 bits per heavy atom. The summed E-state index contributed by atoms with van der Waals surface area (Å²) in [6, 6.07) is 3.51. The predicted molar refractivity (Wildman–Crippen MR) is 63.2 cm³/mol. The summed E-state index contributed by atoms with van der Waals surface area (Å²) in [6.45, 7) is 3.18. The van der Waals surface area contributed by atoms with Crippen LogP contribution in [0.3, 0.4) is 0 Å². The molecule has 0 amide bonds. The zero-order valence-electron chi connectivity index (χ0n) is 10.0. The molecule has 2 rings (SSSR count). The third-order valence-corrected chi connectivity index (χ3v) is 2.96. The van der Waals surface area contributed by atoms with Crippen molar-refractivity contribution in [1.82, 2.24) is 4.98 Å². The van der Waals surface area contributed by atoms with Gasteiger partial charge < -0.3 is 14.7 Å². The Bertz CT molecular complexity index is 434. The first-order valence-electron chi connectivity index (χ1n) is 5.61. The molecule has 2 heterocycles. The summed E-state index contributed by atoms with van der Waals surface area (Å²) < 4.78 is 4.67. The Labute approximate surface area is 100 Å². The van der Waals surface area contributed by atoms with E-state index in [1.54, 1.807) is 19.1 Å². The summed E-state index contributed by atoms with van der Waals surface area (Å²) in [5.41, 5.74) is 1.13. The van der Waals surface area contributed by atoms with Crippen molar-refractivity contribution in [2.45, 2.75) is 19.4 Å². The van der Waals surface area contributed by atoms with Crippen molar-refractivity contribution < 1.29 is 14.6 Å². The van der Waals surface area contributed by atoms with Gasteiger partial charge in [-0.1, -0.05) is 0 Å². The molecule has 1 aliphatic heterocycles. The van der Waals surface area contributed by atoms with E-state index in [2.05, 4.69) is 9.72 Å².